The first-order chi connectivity index (χ1) is 8.95. The predicted molar refractivity (Wildman–Crippen MR) is 69.9 cm³/mol. The fourth-order valence-corrected chi connectivity index (χ4v) is 2.05. The van der Waals surface area contributed by atoms with E-state index < -0.39 is 12.0 Å². The third kappa shape index (κ3) is 4.68. The van der Waals surface area contributed by atoms with Gasteiger partial charge in [0.25, 0.3) is 0 Å². The summed E-state index contributed by atoms with van der Waals surface area (Å²) in [5, 5.41) is 20.4. The molecular weight excluding hydrogens is 250 g/mol. The van der Waals surface area contributed by atoms with Crippen molar-refractivity contribution in [1.29, 1.82) is 0 Å². The molecule has 1 rings (SSSR count). The van der Waals surface area contributed by atoms with Crippen molar-refractivity contribution in [3.05, 3.63) is 0 Å². The molecule has 1 unspecified atom stereocenters. The molecule has 3 N–H and O–H groups in total. The Morgan fingerprint density at radius 3 is 2.21 bits per heavy atom. The number of piperazine rings is 1. The van der Waals surface area contributed by atoms with Crippen LogP contribution in [-0.4, -0.2) is 77.4 Å². The summed E-state index contributed by atoms with van der Waals surface area (Å²) < 4.78 is 0. The lowest BCUT2D eigenvalue weighted by Gasteiger charge is -2.35. The molecule has 1 fully saturated rings. The van der Waals surface area contributed by atoms with E-state index in [4.69, 9.17) is 10.2 Å². The van der Waals surface area contributed by atoms with E-state index >= 15 is 0 Å². The Kier molecular flexibility index (Phi) is 6.04. The third-order valence-electron chi connectivity index (χ3n) is 3.29. The van der Waals surface area contributed by atoms with E-state index in [0.717, 1.165) is 0 Å². The highest BCUT2D eigenvalue weighted by atomic mass is 16.4. The summed E-state index contributed by atoms with van der Waals surface area (Å²) in [4.78, 5) is 26.7. The Balaban J connectivity index is 2.44. The average molecular weight is 273 g/mol. The molecule has 1 atom stereocenters. The number of urea groups is 1. The minimum Gasteiger partial charge on any atom is -0.480 e. The Morgan fingerprint density at radius 2 is 1.79 bits per heavy atom. The Hall–Kier alpha value is -1.34. The van der Waals surface area contributed by atoms with E-state index in [0.29, 0.717) is 32.7 Å². The normalized spacial score (nSPS) is 18.4. The highest BCUT2D eigenvalue weighted by Gasteiger charge is 2.27. The monoisotopic (exact) mass is 273 g/mol. The van der Waals surface area contributed by atoms with Crippen LogP contribution >= 0.6 is 0 Å². The smallest absolute Gasteiger partial charge is 0.326 e. The van der Waals surface area contributed by atoms with Gasteiger partial charge in [-0.3, -0.25) is 4.90 Å². The maximum Gasteiger partial charge on any atom is 0.326 e. The first kappa shape index (κ1) is 15.7. The van der Waals surface area contributed by atoms with Crippen LogP contribution in [-0.2, 0) is 4.79 Å². The Morgan fingerprint density at radius 1 is 1.21 bits per heavy atom. The summed E-state index contributed by atoms with van der Waals surface area (Å²) in [6, 6.07) is -1.19. The van der Waals surface area contributed by atoms with E-state index in [9.17, 15) is 9.59 Å². The molecule has 1 aliphatic rings. The van der Waals surface area contributed by atoms with Crippen molar-refractivity contribution in [3.63, 3.8) is 0 Å². The SMILES string of the molecule is CC(C)C(NC(=O)N1CCN(CCO)CC1)C(=O)O. The van der Waals surface area contributed by atoms with E-state index in [-0.39, 0.29) is 18.6 Å². The van der Waals surface area contributed by atoms with Crippen LogP contribution in [0, 0.1) is 5.92 Å². The maximum absolute atomic E-state index is 12.0. The van der Waals surface area contributed by atoms with Crippen molar-refractivity contribution in [2.45, 2.75) is 19.9 Å². The van der Waals surface area contributed by atoms with Crippen LogP contribution in [0.5, 0.6) is 0 Å². The number of carboxylic acids is 1. The predicted octanol–water partition coefficient (Wildman–Crippen LogP) is -0.585. The van der Waals surface area contributed by atoms with Crippen molar-refractivity contribution in [2.24, 2.45) is 5.92 Å². The lowest BCUT2D eigenvalue weighted by atomic mass is 10.1. The van der Waals surface area contributed by atoms with E-state index in [1.807, 2.05) is 0 Å². The molecule has 0 aromatic heterocycles. The molecule has 2 amide bonds. The van der Waals surface area contributed by atoms with Gasteiger partial charge in [0, 0.05) is 32.7 Å². The Bertz CT molecular complexity index is 314. The molecule has 0 spiro atoms. The number of nitrogens with zero attached hydrogens (tertiary/aromatic N) is 2. The lowest BCUT2D eigenvalue weighted by molar-refractivity contribution is -0.140. The molecular formula is C12H23N3O4. The van der Waals surface area contributed by atoms with Crippen LogP contribution in [0.4, 0.5) is 4.79 Å². The second-order valence-corrected chi connectivity index (χ2v) is 5.06. The number of carboxylic acid groups (broad SMARTS) is 1. The molecule has 1 heterocycles. The summed E-state index contributed by atoms with van der Waals surface area (Å²) in [5.41, 5.74) is 0. The molecule has 0 radical (unpaired) electrons. The third-order valence-corrected chi connectivity index (χ3v) is 3.29. The van der Waals surface area contributed by atoms with Crippen molar-refractivity contribution in [3.8, 4) is 0 Å². The van der Waals surface area contributed by atoms with Gasteiger partial charge < -0.3 is 20.4 Å². The molecule has 7 nitrogen and oxygen atoms in total. The fourth-order valence-electron chi connectivity index (χ4n) is 2.05. The number of rotatable bonds is 5. The highest BCUT2D eigenvalue weighted by molar-refractivity contribution is 5.82. The van der Waals surface area contributed by atoms with Gasteiger partial charge in [0.1, 0.15) is 6.04 Å². The van der Waals surface area contributed by atoms with Gasteiger partial charge in [-0.2, -0.15) is 0 Å². The van der Waals surface area contributed by atoms with Crippen molar-refractivity contribution < 1.29 is 19.8 Å². The molecule has 0 bridgehead atoms. The largest absolute Gasteiger partial charge is 0.480 e. The number of β-amino-alcohol motifs (C(OH)–C–C–N with tert-alkyl or cyclic N) is 1. The number of nitrogens with one attached hydrogen (secondary N) is 1. The van der Waals surface area contributed by atoms with E-state index in [2.05, 4.69) is 10.2 Å². The molecule has 110 valence electrons. The van der Waals surface area contributed by atoms with Crippen LogP contribution in [0.15, 0.2) is 0 Å². The van der Waals surface area contributed by atoms with Gasteiger partial charge in [-0.15, -0.1) is 0 Å². The zero-order valence-corrected chi connectivity index (χ0v) is 11.5. The van der Waals surface area contributed by atoms with Gasteiger partial charge in [0.05, 0.1) is 6.61 Å². The van der Waals surface area contributed by atoms with E-state index in [1.54, 1.807) is 18.7 Å². The quantitative estimate of drug-likeness (QED) is 0.623. The molecule has 0 saturated carbocycles. The van der Waals surface area contributed by atoms with Crippen LogP contribution in [0.3, 0.4) is 0 Å². The summed E-state index contributed by atoms with van der Waals surface area (Å²) in [6.45, 7) is 6.75. The number of amides is 2. The molecule has 0 aromatic carbocycles. The van der Waals surface area contributed by atoms with Crippen molar-refractivity contribution >= 4 is 12.0 Å². The maximum atomic E-state index is 12.0. The molecule has 1 aliphatic heterocycles. The number of carbonyl (C=O) groups excluding carboxylic acids is 1. The summed E-state index contributed by atoms with van der Waals surface area (Å²) in [5.74, 6) is -1.17. The lowest BCUT2D eigenvalue weighted by Crippen LogP contribution is -2.55. The Labute approximate surface area is 113 Å². The number of aliphatic hydroxyl groups is 1. The number of aliphatic carboxylic acids is 1. The number of hydrogen-bond acceptors (Lipinski definition) is 4. The first-order valence-corrected chi connectivity index (χ1v) is 6.57. The minimum atomic E-state index is -1.01. The molecule has 0 aliphatic carbocycles. The second kappa shape index (κ2) is 7.30. The summed E-state index contributed by atoms with van der Waals surface area (Å²) in [7, 11) is 0. The molecule has 0 aromatic rings. The van der Waals surface area contributed by atoms with Gasteiger partial charge in [-0.1, -0.05) is 13.8 Å². The summed E-state index contributed by atoms with van der Waals surface area (Å²) >= 11 is 0. The van der Waals surface area contributed by atoms with Crippen LogP contribution in [0.1, 0.15) is 13.8 Å². The van der Waals surface area contributed by atoms with Gasteiger partial charge in [0.15, 0.2) is 0 Å². The van der Waals surface area contributed by atoms with Crippen LogP contribution in [0.2, 0.25) is 0 Å². The van der Waals surface area contributed by atoms with Gasteiger partial charge in [0.2, 0.25) is 0 Å². The topological polar surface area (TPSA) is 93.1 Å². The van der Waals surface area contributed by atoms with E-state index in [1.165, 1.54) is 0 Å². The number of aliphatic hydroxyl groups excluding tert-OH is 1. The molecule has 19 heavy (non-hydrogen) atoms. The summed E-state index contributed by atoms with van der Waals surface area (Å²) in [6.07, 6.45) is 0. The van der Waals surface area contributed by atoms with Crippen molar-refractivity contribution in [2.75, 3.05) is 39.3 Å². The van der Waals surface area contributed by atoms with Crippen LogP contribution in [0.25, 0.3) is 0 Å². The van der Waals surface area contributed by atoms with Crippen LogP contribution < -0.4 is 5.32 Å². The number of carbonyl (C=O) groups is 2. The fraction of sp³-hybridized carbons (Fsp3) is 0.833. The van der Waals surface area contributed by atoms with Gasteiger partial charge in [-0.05, 0) is 5.92 Å². The zero-order chi connectivity index (χ0) is 14.4. The molecule has 1 saturated heterocycles. The second-order valence-electron chi connectivity index (χ2n) is 5.06. The first-order valence-electron chi connectivity index (χ1n) is 6.57. The standard InChI is InChI=1S/C12H23N3O4/c1-9(2)10(11(17)18)13-12(19)15-5-3-14(4-6-15)7-8-16/h9-10,16H,3-8H2,1-2H3,(H,13,19)(H,17,18). The minimum absolute atomic E-state index is 0.112. The number of hydrogen-bond donors (Lipinski definition) is 3. The van der Waals surface area contributed by atoms with Gasteiger partial charge in [-0.25, -0.2) is 9.59 Å². The molecule has 7 heteroatoms. The van der Waals surface area contributed by atoms with Gasteiger partial charge >= 0.3 is 12.0 Å². The highest BCUT2D eigenvalue weighted by Crippen LogP contribution is 2.05. The van der Waals surface area contributed by atoms with Crippen molar-refractivity contribution in [1.82, 2.24) is 15.1 Å². The average Bonchev–Trinajstić information content (AvgIpc) is 2.36. The zero-order valence-electron chi connectivity index (χ0n) is 11.5.